The van der Waals surface area contributed by atoms with Gasteiger partial charge in [-0.1, -0.05) is 11.6 Å². The summed E-state index contributed by atoms with van der Waals surface area (Å²) in [6.45, 7) is 0. The summed E-state index contributed by atoms with van der Waals surface area (Å²) in [5, 5.41) is 4.24. The monoisotopic (exact) mass is 257 g/mol. The maximum atomic E-state index is 11.9. The Hall–Kier alpha value is -1.40. The lowest BCUT2D eigenvalue weighted by molar-refractivity contribution is 0.575. The number of nitrogens with zero attached hydrogens (tertiary/aromatic N) is 3. The van der Waals surface area contributed by atoms with E-state index in [1.807, 2.05) is 0 Å². The van der Waals surface area contributed by atoms with Crippen LogP contribution in [0.3, 0.4) is 0 Å². The van der Waals surface area contributed by atoms with Gasteiger partial charge in [-0.2, -0.15) is 5.10 Å². The van der Waals surface area contributed by atoms with Crippen LogP contribution in [-0.2, 0) is 15.7 Å². The fourth-order valence-corrected chi connectivity index (χ4v) is 2.50. The third kappa shape index (κ3) is 2.40. The molecule has 0 bridgehead atoms. The van der Waals surface area contributed by atoms with E-state index in [2.05, 4.69) is 10.1 Å². The molecule has 2 aromatic rings. The first-order valence-corrected chi connectivity index (χ1v) is 6.42. The van der Waals surface area contributed by atoms with Crippen LogP contribution in [0.4, 0.5) is 0 Å². The molecule has 0 spiro atoms. The van der Waals surface area contributed by atoms with Gasteiger partial charge in [-0.05, 0) is 24.3 Å². The van der Waals surface area contributed by atoms with Crippen molar-refractivity contribution >= 4 is 21.4 Å². The number of sulfone groups is 1. The standard InChI is InChI=1S/C9H8ClN3O2S/c10-8-1-3-9(4-2-8)16(14,15)7-13-6-11-5-12-13/h1-6H,7H2. The summed E-state index contributed by atoms with van der Waals surface area (Å²) in [4.78, 5) is 3.90. The Morgan fingerprint density at radius 2 is 1.94 bits per heavy atom. The molecule has 84 valence electrons. The first kappa shape index (κ1) is 11.1. The van der Waals surface area contributed by atoms with Crippen LogP contribution >= 0.6 is 11.6 Å². The van der Waals surface area contributed by atoms with E-state index in [4.69, 9.17) is 11.6 Å². The first-order valence-electron chi connectivity index (χ1n) is 4.39. The molecular weight excluding hydrogens is 250 g/mol. The summed E-state index contributed by atoms with van der Waals surface area (Å²) in [5.74, 6) is -0.228. The fraction of sp³-hybridized carbons (Fsp3) is 0.111. The largest absolute Gasteiger partial charge is 0.237 e. The van der Waals surface area contributed by atoms with Gasteiger partial charge >= 0.3 is 0 Å². The second kappa shape index (κ2) is 4.23. The van der Waals surface area contributed by atoms with E-state index in [1.54, 1.807) is 0 Å². The second-order valence-corrected chi connectivity index (χ2v) is 5.53. The molecule has 0 atom stereocenters. The van der Waals surface area contributed by atoms with Crippen LogP contribution in [0.1, 0.15) is 0 Å². The van der Waals surface area contributed by atoms with Gasteiger partial charge in [-0.25, -0.2) is 18.1 Å². The first-order chi connectivity index (χ1) is 7.58. The highest BCUT2D eigenvalue weighted by molar-refractivity contribution is 7.90. The minimum Gasteiger partial charge on any atom is -0.237 e. The predicted octanol–water partition coefficient (Wildman–Crippen LogP) is 1.36. The van der Waals surface area contributed by atoms with Gasteiger partial charge in [0.15, 0.2) is 9.84 Å². The Morgan fingerprint density at radius 3 is 2.50 bits per heavy atom. The molecule has 1 aromatic carbocycles. The maximum Gasteiger partial charge on any atom is 0.198 e. The van der Waals surface area contributed by atoms with Crippen molar-refractivity contribution in [3.05, 3.63) is 41.9 Å². The summed E-state index contributed by atoms with van der Waals surface area (Å²) in [5.41, 5.74) is 0. The van der Waals surface area contributed by atoms with Crippen LogP contribution < -0.4 is 0 Å². The van der Waals surface area contributed by atoms with Gasteiger partial charge in [-0.3, -0.25) is 0 Å². The molecule has 0 radical (unpaired) electrons. The van der Waals surface area contributed by atoms with Crippen molar-refractivity contribution in [3.63, 3.8) is 0 Å². The van der Waals surface area contributed by atoms with E-state index in [1.165, 1.54) is 41.6 Å². The molecule has 1 heterocycles. The van der Waals surface area contributed by atoms with E-state index >= 15 is 0 Å². The topological polar surface area (TPSA) is 64.8 Å². The van der Waals surface area contributed by atoms with Gasteiger partial charge in [0.1, 0.15) is 18.5 Å². The molecule has 0 fully saturated rings. The Kier molecular flexibility index (Phi) is 2.93. The zero-order valence-corrected chi connectivity index (χ0v) is 9.69. The number of hydrogen-bond donors (Lipinski definition) is 0. The summed E-state index contributed by atoms with van der Waals surface area (Å²) in [6, 6.07) is 6.01. The van der Waals surface area contributed by atoms with Crippen molar-refractivity contribution in [2.75, 3.05) is 0 Å². The summed E-state index contributed by atoms with van der Waals surface area (Å²) in [6.07, 6.45) is 2.64. The third-order valence-corrected chi connectivity index (χ3v) is 3.79. The molecular formula is C9H8ClN3O2S. The molecule has 0 aliphatic heterocycles. The molecule has 5 nitrogen and oxygen atoms in total. The lowest BCUT2D eigenvalue weighted by atomic mass is 10.4. The average molecular weight is 258 g/mol. The number of rotatable bonds is 3. The second-order valence-electron chi connectivity index (χ2n) is 3.13. The quantitative estimate of drug-likeness (QED) is 0.833. The highest BCUT2D eigenvalue weighted by Crippen LogP contribution is 2.16. The van der Waals surface area contributed by atoms with Gasteiger partial charge in [0, 0.05) is 5.02 Å². The minimum absolute atomic E-state index is 0.215. The van der Waals surface area contributed by atoms with Crippen LogP contribution in [0.5, 0.6) is 0 Å². The van der Waals surface area contributed by atoms with E-state index in [-0.39, 0.29) is 10.8 Å². The Morgan fingerprint density at radius 1 is 1.25 bits per heavy atom. The summed E-state index contributed by atoms with van der Waals surface area (Å²) < 4.78 is 25.0. The predicted molar refractivity (Wildman–Crippen MR) is 58.7 cm³/mol. The lowest BCUT2D eigenvalue weighted by Crippen LogP contribution is -2.11. The molecule has 16 heavy (non-hydrogen) atoms. The lowest BCUT2D eigenvalue weighted by Gasteiger charge is -2.03. The van der Waals surface area contributed by atoms with Crippen molar-refractivity contribution < 1.29 is 8.42 Å². The van der Waals surface area contributed by atoms with E-state index in [9.17, 15) is 8.42 Å². The zero-order valence-electron chi connectivity index (χ0n) is 8.12. The molecule has 0 saturated heterocycles. The summed E-state index contributed by atoms with van der Waals surface area (Å²) in [7, 11) is -3.40. The maximum absolute atomic E-state index is 11.9. The van der Waals surface area contributed by atoms with Gasteiger partial charge in [0.25, 0.3) is 0 Å². The van der Waals surface area contributed by atoms with Gasteiger partial charge in [-0.15, -0.1) is 0 Å². The molecule has 0 unspecified atom stereocenters. The number of halogens is 1. The van der Waals surface area contributed by atoms with Gasteiger partial charge < -0.3 is 0 Å². The fourth-order valence-electron chi connectivity index (χ4n) is 1.19. The highest BCUT2D eigenvalue weighted by atomic mass is 35.5. The molecule has 0 saturated carbocycles. The highest BCUT2D eigenvalue weighted by Gasteiger charge is 2.15. The van der Waals surface area contributed by atoms with Gasteiger partial charge in [0.2, 0.25) is 0 Å². The molecule has 0 N–H and O–H groups in total. The molecule has 0 amide bonds. The number of aromatic nitrogens is 3. The number of hydrogen-bond acceptors (Lipinski definition) is 4. The van der Waals surface area contributed by atoms with Crippen molar-refractivity contribution in [1.82, 2.24) is 14.8 Å². The number of benzene rings is 1. The van der Waals surface area contributed by atoms with Crippen LogP contribution in [0.2, 0.25) is 5.02 Å². The molecule has 1 aromatic heterocycles. The van der Waals surface area contributed by atoms with Crippen molar-refractivity contribution in [3.8, 4) is 0 Å². The molecule has 2 rings (SSSR count). The van der Waals surface area contributed by atoms with Crippen LogP contribution in [0.15, 0.2) is 41.8 Å². The van der Waals surface area contributed by atoms with E-state index in [0.29, 0.717) is 5.02 Å². The third-order valence-electron chi connectivity index (χ3n) is 1.94. The van der Waals surface area contributed by atoms with Crippen molar-refractivity contribution in [1.29, 1.82) is 0 Å². The van der Waals surface area contributed by atoms with Crippen molar-refractivity contribution in [2.45, 2.75) is 10.8 Å². The van der Waals surface area contributed by atoms with Crippen LogP contribution in [0, 0.1) is 0 Å². The van der Waals surface area contributed by atoms with Crippen molar-refractivity contribution in [2.24, 2.45) is 0 Å². The molecule has 0 aliphatic carbocycles. The SMILES string of the molecule is O=S(=O)(Cn1cncn1)c1ccc(Cl)cc1. The Balaban J connectivity index is 2.29. The normalized spacial score (nSPS) is 11.6. The summed E-state index contributed by atoms with van der Waals surface area (Å²) >= 11 is 5.68. The molecule has 7 heteroatoms. The average Bonchev–Trinajstić information content (AvgIpc) is 2.70. The van der Waals surface area contributed by atoms with E-state index in [0.717, 1.165) is 0 Å². The Labute approximate surface area is 97.6 Å². The minimum atomic E-state index is -3.40. The molecule has 0 aliphatic rings. The van der Waals surface area contributed by atoms with E-state index < -0.39 is 9.84 Å². The van der Waals surface area contributed by atoms with Crippen LogP contribution in [-0.4, -0.2) is 23.2 Å². The zero-order chi connectivity index (χ0) is 11.6. The van der Waals surface area contributed by atoms with Gasteiger partial charge in [0.05, 0.1) is 4.90 Å². The smallest absolute Gasteiger partial charge is 0.198 e. The van der Waals surface area contributed by atoms with Crippen LogP contribution in [0.25, 0.3) is 0 Å². The Bertz CT molecular complexity index is 563.